The van der Waals surface area contributed by atoms with Gasteiger partial charge in [-0.2, -0.15) is 0 Å². The molecule has 52 valence electrons. The van der Waals surface area contributed by atoms with Crippen molar-refractivity contribution in [1.82, 2.24) is 10.6 Å². The van der Waals surface area contributed by atoms with Gasteiger partial charge >= 0.3 is 0 Å². The summed E-state index contributed by atoms with van der Waals surface area (Å²) in [5.41, 5.74) is 0. The van der Waals surface area contributed by atoms with Crippen LogP contribution in [0, 0.1) is 0 Å². The van der Waals surface area contributed by atoms with E-state index >= 15 is 0 Å². The molecular weight excluding hydrogens is 116 g/mol. The maximum Gasteiger partial charge on any atom is -0.00398 e. The predicted molar refractivity (Wildman–Crippen MR) is 43.8 cm³/mol. The highest BCUT2D eigenvalue weighted by atomic mass is 28.1. The van der Waals surface area contributed by atoms with Gasteiger partial charge in [0.2, 0.25) is 0 Å². The van der Waals surface area contributed by atoms with Crippen LogP contribution >= 0.6 is 0 Å². The Morgan fingerprint density at radius 3 is 1.62 bits per heavy atom. The monoisotopic (exact) mass is 134 g/mol. The zero-order valence-corrected chi connectivity index (χ0v) is 5.12. The van der Waals surface area contributed by atoms with Gasteiger partial charge in [0.1, 0.15) is 0 Å². The van der Waals surface area contributed by atoms with Crippen molar-refractivity contribution >= 4 is 11.0 Å². The summed E-state index contributed by atoms with van der Waals surface area (Å²) in [7, 11) is 3.94. The lowest BCUT2D eigenvalue weighted by atomic mass is 10.4. The van der Waals surface area contributed by atoms with E-state index in [-0.39, 0.29) is 11.0 Å². The van der Waals surface area contributed by atoms with E-state index in [1.165, 1.54) is 6.42 Å². The van der Waals surface area contributed by atoms with Crippen molar-refractivity contribution in [3.63, 3.8) is 0 Å². The largest absolute Gasteiger partial charge is 0.320 e. The van der Waals surface area contributed by atoms with Gasteiger partial charge in [-0.1, -0.05) is 0 Å². The van der Waals surface area contributed by atoms with Crippen LogP contribution in [0.1, 0.15) is 6.42 Å². The van der Waals surface area contributed by atoms with Crippen LogP contribution in [0.25, 0.3) is 0 Å². The second-order valence-corrected chi connectivity index (χ2v) is 1.56. The smallest absolute Gasteiger partial charge is 0.00398 e. The lowest BCUT2D eigenvalue weighted by Gasteiger charge is -1.95. The molecule has 0 heterocycles. The van der Waals surface area contributed by atoms with Gasteiger partial charge in [0, 0.05) is 0 Å². The van der Waals surface area contributed by atoms with Crippen molar-refractivity contribution in [3.05, 3.63) is 0 Å². The van der Waals surface area contributed by atoms with Crippen LogP contribution in [0.2, 0.25) is 0 Å². The first-order valence-electron chi connectivity index (χ1n) is 2.71. The molecule has 0 saturated carbocycles. The Kier molecular flexibility index (Phi) is 14.0. The molecule has 3 heteroatoms. The molecule has 0 amide bonds. The normalized spacial score (nSPS) is 8.25. The highest BCUT2D eigenvalue weighted by Crippen LogP contribution is 1.66. The van der Waals surface area contributed by atoms with E-state index in [1.54, 1.807) is 0 Å². The molecule has 0 aliphatic rings. The minimum absolute atomic E-state index is 0. The minimum atomic E-state index is 0. The number of hydrogen-bond donors (Lipinski definition) is 2. The quantitative estimate of drug-likeness (QED) is 0.356. The van der Waals surface area contributed by atoms with Crippen molar-refractivity contribution in [3.8, 4) is 0 Å². The molecule has 0 aromatic heterocycles. The zero-order chi connectivity index (χ0) is 5.54. The Labute approximate surface area is 56.1 Å². The van der Waals surface area contributed by atoms with Crippen molar-refractivity contribution in [2.24, 2.45) is 0 Å². The molecule has 0 bridgehead atoms. The summed E-state index contributed by atoms with van der Waals surface area (Å²) < 4.78 is 0. The van der Waals surface area contributed by atoms with Gasteiger partial charge in [0.15, 0.2) is 0 Å². The summed E-state index contributed by atoms with van der Waals surface area (Å²) in [6.45, 7) is 2.22. The summed E-state index contributed by atoms with van der Waals surface area (Å²) in [6.07, 6.45) is 1.22. The van der Waals surface area contributed by atoms with Crippen LogP contribution in [-0.2, 0) is 0 Å². The third-order valence-corrected chi connectivity index (χ3v) is 0.854. The summed E-state index contributed by atoms with van der Waals surface area (Å²) in [4.78, 5) is 0. The first-order valence-corrected chi connectivity index (χ1v) is 2.71. The molecule has 0 unspecified atom stereocenters. The summed E-state index contributed by atoms with van der Waals surface area (Å²) in [5.74, 6) is 0. The Morgan fingerprint density at radius 1 is 1.00 bits per heavy atom. The van der Waals surface area contributed by atoms with Crippen molar-refractivity contribution in [2.75, 3.05) is 27.2 Å². The van der Waals surface area contributed by atoms with E-state index in [0.717, 1.165) is 13.1 Å². The second-order valence-electron chi connectivity index (χ2n) is 1.56. The standard InChI is InChI=1S/C5H14N2.H4Si/c1-6-4-3-5-7-2;/h6-7H,3-5H2,1-2H3;1H4. The topological polar surface area (TPSA) is 24.1 Å². The first-order chi connectivity index (χ1) is 3.41. The van der Waals surface area contributed by atoms with Crippen molar-refractivity contribution in [2.45, 2.75) is 6.42 Å². The average Bonchev–Trinajstić information content (AvgIpc) is 1.69. The third kappa shape index (κ3) is 9.46. The third-order valence-electron chi connectivity index (χ3n) is 0.854. The van der Waals surface area contributed by atoms with E-state index in [9.17, 15) is 0 Å². The average molecular weight is 134 g/mol. The molecule has 0 aliphatic carbocycles. The minimum Gasteiger partial charge on any atom is -0.320 e. The maximum absolute atomic E-state index is 3.06. The highest BCUT2D eigenvalue weighted by molar-refractivity contribution is 5.75. The summed E-state index contributed by atoms with van der Waals surface area (Å²) >= 11 is 0. The Bertz CT molecular complexity index is 29.6. The molecule has 0 aromatic rings. The lowest BCUT2D eigenvalue weighted by Crippen LogP contribution is -2.15. The molecule has 0 fully saturated rings. The van der Waals surface area contributed by atoms with Gasteiger partial charge in [-0.3, -0.25) is 0 Å². The molecule has 0 atom stereocenters. The van der Waals surface area contributed by atoms with Gasteiger partial charge in [-0.25, -0.2) is 0 Å². The highest BCUT2D eigenvalue weighted by Gasteiger charge is 1.77. The molecule has 2 nitrogen and oxygen atoms in total. The molecule has 0 aliphatic heterocycles. The fourth-order valence-corrected chi connectivity index (χ4v) is 0.442. The van der Waals surface area contributed by atoms with Gasteiger partial charge in [-0.05, 0) is 44.6 Å². The first kappa shape index (κ1) is 11.0. The SMILES string of the molecule is CNCCCNC.[SiH4]. The Hall–Kier alpha value is 0.137. The van der Waals surface area contributed by atoms with Crippen LogP contribution in [0.15, 0.2) is 0 Å². The molecular formula is C5H18N2Si. The molecule has 0 radical (unpaired) electrons. The van der Waals surface area contributed by atoms with Crippen LogP contribution in [-0.4, -0.2) is 38.2 Å². The maximum atomic E-state index is 3.06. The lowest BCUT2D eigenvalue weighted by molar-refractivity contribution is 0.676. The number of nitrogens with one attached hydrogen (secondary N) is 2. The molecule has 2 N–H and O–H groups in total. The number of hydrogen-bond acceptors (Lipinski definition) is 2. The summed E-state index contributed by atoms with van der Waals surface area (Å²) in [6, 6.07) is 0. The molecule has 0 spiro atoms. The van der Waals surface area contributed by atoms with Crippen LogP contribution in [0.4, 0.5) is 0 Å². The van der Waals surface area contributed by atoms with E-state index in [4.69, 9.17) is 0 Å². The van der Waals surface area contributed by atoms with Crippen molar-refractivity contribution in [1.29, 1.82) is 0 Å². The van der Waals surface area contributed by atoms with Gasteiger partial charge < -0.3 is 10.6 Å². The Balaban J connectivity index is 0. The zero-order valence-electron chi connectivity index (χ0n) is 5.12. The van der Waals surface area contributed by atoms with Gasteiger partial charge in [0.05, 0.1) is 0 Å². The summed E-state index contributed by atoms with van der Waals surface area (Å²) in [5, 5.41) is 6.12. The molecule has 0 aromatic carbocycles. The van der Waals surface area contributed by atoms with E-state index in [0.29, 0.717) is 0 Å². The predicted octanol–water partition coefficient (Wildman–Crippen LogP) is -1.64. The fraction of sp³-hybridized carbons (Fsp3) is 1.00. The van der Waals surface area contributed by atoms with Crippen molar-refractivity contribution < 1.29 is 0 Å². The van der Waals surface area contributed by atoms with Gasteiger partial charge in [-0.15, -0.1) is 0 Å². The van der Waals surface area contributed by atoms with Crippen LogP contribution in [0.3, 0.4) is 0 Å². The molecule has 0 saturated heterocycles. The van der Waals surface area contributed by atoms with Crippen LogP contribution < -0.4 is 10.6 Å². The van der Waals surface area contributed by atoms with Crippen LogP contribution in [0.5, 0.6) is 0 Å². The Morgan fingerprint density at radius 2 is 1.38 bits per heavy atom. The van der Waals surface area contributed by atoms with E-state index in [2.05, 4.69) is 10.6 Å². The molecule has 0 rings (SSSR count). The fourth-order valence-electron chi connectivity index (χ4n) is 0.442. The molecule has 8 heavy (non-hydrogen) atoms. The number of rotatable bonds is 4. The van der Waals surface area contributed by atoms with Gasteiger partial charge in [0.25, 0.3) is 0 Å². The van der Waals surface area contributed by atoms with E-state index < -0.39 is 0 Å². The van der Waals surface area contributed by atoms with E-state index in [1.807, 2.05) is 14.1 Å². The second kappa shape index (κ2) is 10.2.